The van der Waals surface area contributed by atoms with E-state index in [-0.39, 0.29) is 5.91 Å². The van der Waals surface area contributed by atoms with Gasteiger partial charge in [-0.3, -0.25) is 9.69 Å². The summed E-state index contributed by atoms with van der Waals surface area (Å²) in [6.45, 7) is 7.94. The van der Waals surface area contributed by atoms with E-state index in [1.165, 1.54) is 0 Å². The standard InChI is InChI=1S/C24H26N4O2S/c1-15(2)12-13-31-24-25-22-21(26-27-24)19-14-16(3)10-11-20(19)28(17(4)29)23(30-22)18-8-6-5-7-9-18/h5-11,14-15,23H,12-13H2,1-4H3/t23-/m0/s1. The third-order valence-corrected chi connectivity index (χ3v) is 5.98. The minimum atomic E-state index is -0.647. The first-order valence-electron chi connectivity index (χ1n) is 10.4. The third-order valence-electron chi connectivity index (χ3n) is 5.11. The zero-order chi connectivity index (χ0) is 22.0. The van der Waals surface area contributed by atoms with E-state index >= 15 is 0 Å². The smallest absolute Gasteiger partial charge is 0.247 e. The van der Waals surface area contributed by atoms with Crippen molar-refractivity contribution < 1.29 is 9.53 Å². The second kappa shape index (κ2) is 9.06. The SMILES string of the molecule is CC(=O)N1c2ccc(C)cc2-c2nnc(SCCC(C)C)nc2O[C@H]1c1ccccc1. The van der Waals surface area contributed by atoms with Crippen LogP contribution in [0.4, 0.5) is 5.69 Å². The number of nitrogens with zero attached hydrogens (tertiary/aromatic N) is 4. The van der Waals surface area contributed by atoms with E-state index in [1.807, 2.05) is 55.5 Å². The summed E-state index contributed by atoms with van der Waals surface area (Å²) in [7, 11) is 0. The molecule has 1 atom stereocenters. The van der Waals surface area contributed by atoms with Crippen molar-refractivity contribution in [1.82, 2.24) is 15.2 Å². The fourth-order valence-corrected chi connectivity index (χ4v) is 4.52. The number of aromatic nitrogens is 3. The number of carbonyl (C=O) groups excluding carboxylic acids is 1. The number of aryl methyl sites for hydroxylation is 1. The lowest BCUT2D eigenvalue weighted by Crippen LogP contribution is -2.36. The molecule has 2 aromatic carbocycles. The van der Waals surface area contributed by atoms with Crippen molar-refractivity contribution in [3.05, 3.63) is 59.7 Å². The van der Waals surface area contributed by atoms with Crippen molar-refractivity contribution in [2.24, 2.45) is 5.92 Å². The fraction of sp³-hybridized carbons (Fsp3) is 0.333. The number of rotatable bonds is 5. The van der Waals surface area contributed by atoms with E-state index in [0.29, 0.717) is 22.6 Å². The summed E-state index contributed by atoms with van der Waals surface area (Å²) in [5.74, 6) is 1.80. The van der Waals surface area contributed by atoms with Crippen LogP contribution in [-0.2, 0) is 4.79 Å². The Kier molecular flexibility index (Phi) is 6.23. The van der Waals surface area contributed by atoms with Crippen molar-refractivity contribution in [2.75, 3.05) is 10.7 Å². The number of amides is 1. The summed E-state index contributed by atoms with van der Waals surface area (Å²) < 4.78 is 6.39. The first-order valence-corrected chi connectivity index (χ1v) is 11.4. The molecule has 4 rings (SSSR count). The summed E-state index contributed by atoms with van der Waals surface area (Å²) in [6, 6.07) is 15.6. The molecular weight excluding hydrogens is 408 g/mol. The van der Waals surface area contributed by atoms with E-state index in [1.54, 1.807) is 23.6 Å². The van der Waals surface area contributed by atoms with Gasteiger partial charge in [-0.15, -0.1) is 10.2 Å². The van der Waals surface area contributed by atoms with Crippen molar-refractivity contribution in [3.8, 4) is 17.1 Å². The molecule has 0 fully saturated rings. The molecule has 7 heteroatoms. The molecule has 1 aliphatic rings. The van der Waals surface area contributed by atoms with Gasteiger partial charge in [0.05, 0.1) is 5.69 Å². The number of anilines is 1. The number of fused-ring (bicyclic) bond motifs is 3. The average molecular weight is 435 g/mol. The molecule has 31 heavy (non-hydrogen) atoms. The Labute approximate surface area is 187 Å². The molecule has 0 saturated carbocycles. The van der Waals surface area contributed by atoms with E-state index < -0.39 is 6.23 Å². The summed E-state index contributed by atoms with van der Waals surface area (Å²) in [4.78, 5) is 19.2. The Morgan fingerprint density at radius 3 is 2.65 bits per heavy atom. The van der Waals surface area contributed by atoms with Crippen LogP contribution in [0.25, 0.3) is 11.3 Å². The van der Waals surface area contributed by atoms with Crippen LogP contribution in [0.1, 0.15) is 44.5 Å². The van der Waals surface area contributed by atoms with E-state index in [4.69, 9.17) is 9.72 Å². The monoisotopic (exact) mass is 434 g/mol. The molecule has 1 amide bonds. The molecule has 0 spiro atoms. The van der Waals surface area contributed by atoms with Gasteiger partial charge in [0.25, 0.3) is 0 Å². The summed E-state index contributed by atoms with van der Waals surface area (Å²) in [5.41, 5.74) is 4.01. The molecule has 0 N–H and O–H groups in total. The maximum absolute atomic E-state index is 12.8. The highest BCUT2D eigenvalue weighted by Crippen LogP contribution is 2.43. The molecule has 1 aromatic heterocycles. The van der Waals surface area contributed by atoms with Gasteiger partial charge in [0.2, 0.25) is 23.2 Å². The van der Waals surface area contributed by atoms with Gasteiger partial charge < -0.3 is 4.74 Å². The largest absolute Gasteiger partial charge is 0.447 e. The van der Waals surface area contributed by atoms with Crippen LogP contribution >= 0.6 is 11.8 Å². The normalized spacial score (nSPS) is 15.1. The van der Waals surface area contributed by atoms with Gasteiger partial charge in [0.1, 0.15) is 0 Å². The summed E-state index contributed by atoms with van der Waals surface area (Å²) in [6.07, 6.45) is 0.422. The average Bonchev–Trinajstić information content (AvgIpc) is 2.88. The molecule has 3 aromatic rings. The maximum atomic E-state index is 12.8. The maximum Gasteiger partial charge on any atom is 0.247 e. The zero-order valence-electron chi connectivity index (χ0n) is 18.2. The van der Waals surface area contributed by atoms with Gasteiger partial charge in [-0.25, -0.2) is 0 Å². The Morgan fingerprint density at radius 1 is 1.16 bits per heavy atom. The van der Waals surface area contributed by atoms with Crippen LogP contribution in [0.2, 0.25) is 0 Å². The van der Waals surface area contributed by atoms with Crippen LogP contribution in [0.3, 0.4) is 0 Å². The van der Waals surface area contributed by atoms with Gasteiger partial charge in [0.15, 0.2) is 5.69 Å². The van der Waals surface area contributed by atoms with Crippen molar-refractivity contribution in [2.45, 2.75) is 45.5 Å². The highest BCUT2D eigenvalue weighted by atomic mass is 32.2. The zero-order valence-corrected chi connectivity index (χ0v) is 19.0. The topological polar surface area (TPSA) is 68.2 Å². The molecule has 160 valence electrons. The number of hydrogen-bond acceptors (Lipinski definition) is 6. The lowest BCUT2D eigenvalue weighted by molar-refractivity contribution is -0.118. The first-order chi connectivity index (χ1) is 14.9. The third kappa shape index (κ3) is 4.56. The second-order valence-electron chi connectivity index (χ2n) is 8.07. The Balaban J connectivity index is 1.84. The molecule has 0 aliphatic carbocycles. The summed E-state index contributed by atoms with van der Waals surface area (Å²) in [5, 5.41) is 9.41. The Bertz CT molecular complexity index is 1090. The quantitative estimate of drug-likeness (QED) is 0.499. The molecule has 0 radical (unpaired) electrons. The molecule has 0 unspecified atom stereocenters. The number of ether oxygens (including phenoxy) is 1. The van der Waals surface area contributed by atoms with Gasteiger partial charge >= 0.3 is 0 Å². The van der Waals surface area contributed by atoms with Crippen LogP contribution in [0, 0.1) is 12.8 Å². The van der Waals surface area contributed by atoms with Gasteiger partial charge in [-0.2, -0.15) is 4.98 Å². The van der Waals surface area contributed by atoms with E-state index in [2.05, 4.69) is 24.0 Å². The molecule has 0 bridgehead atoms. The lowest BCUT2D eigenvalue weighted by Gasteiger charge is -2.30. The van der Waals surface area contributed by atoms with Gasteiger partial charge in [-0.05, 0) is 31.4 Å². The van der Waals surface area contributed by atoms with Crippen molar-refractivity contribution in [3.63, 3.8) is 0 Å². The molecule has 0 saturated heterocycles. The van der Waals surface area contributed by atoms with E-state index in [9.17, 15) is 4.79 Å². The first kappa shape index (κ1) is 21.3. The molecule has 2 heterocycles. The Morgan fingerprint density at radius 2 is 1.94 bits per heavy atom. The number of benzene rings is 2. The lowest BCUT2D eigenvalue weighted by atomic mass is 10.0. The number of thioether (sulfide) groups is 1. The molecule has 6 nitrogen and oxygen atoms in total. The number of carbonyl (C=O) groups is 1. The second-order valence-corrected chi connectivity index (χ2v) is 9.13. The summed E-state index contributed by atoms with van der Waals surface area (Å²) >= 11 is 1.57. The fourth-order valence-electron chi connectivity index (χ4n) is 3.50. The van der Waals surface area contributed by atoms with Gasteiger partial charge in [-0.1, -0.05) is 67.6 Å². The highest BCUT2D eigenvalue weighted by molar-refractivity contribution is 7.99. The number of hydrogen-bond donors (Lipinski definition) is 0. The van der Waals surface area contributed by atoms with Crippen molar-refractivity contribution >= 4 is 23.4 Å². The van der Waals surface area contributed by atoms with Crippen LogP contribution in [0.15, 0.2) is 53.7 Å². The van der Waals surface area contributed by atoms with Crippen LogP contribution in [0.5, 0.6) is 5.88 Å². The minimum Gasteiger partial charge on any atom is -0.447 e. The Hall–Kier alpha value is -2.93. The predicted octanol–water partition coefficient (Wildman–Crippen LogP) is 5.43. The highest BCUT2D eigenvalue weighted by Gasteiger charge is 2.34. The molecular formula is C24H26N4O2S. The predicted molar refractivity (Wildman–Crippen MR) is 123 cm³/mol. The van der Waals surface area contributed by atoms with E-state index in [0.717, 1.165) is 34.6 Å². The van der Waals surface area contributed by atoms with Crippen LogP contribution < -0.4 is 9.64 Å². The van der Waals surface area contributed by atoms with Crippen LogP contribution in [-0.4, -0.2) is 26.8 Å². The van der Waals surface area contributed by atoms with Crippen molar-refractivity contribution in [1.29, 1.82) is 0 Å². The van der Waals surface area contributed by atoms with Gasteiger partial charge in [0, 0.05) is 23.8 Å². The molecule has 1 aliphatic heterocycles. The minimum absolute atomic E-state index is 0.119.